The molecule has 2 rings (SSSR count). The van der Waals surface area contributed by atoms with Gasteiger partial charge in [-0.1, -0.05) is 13.3 Å². The molecule has 0 spiro atoms. The lowest BCUT2D eigenvalue weighted by Gasteiger charge is -2.39. The van der Waals surface area contributed by atoms with Crippen LogP contribution < -0.4 is 0 Å². The van der Waals surface area contributed by atoms with Crippen molar-refractivity contribution in [2.24, 2.45) is 0 Å². The molecule has 0 bridgehead atoms. The van der Waals surface area contributed by atoms with E-state index < -0.39 is 0 Å². The smallest absolute Gasteiger partial charge is 0.158 e. The molecule has 1 aromatic rings. The van der Waals surface area contributed by atoms with Gasteiger partial charge in [0.05, 0.1) is 17.7 Å². The Morgan fingerprint density at radius 1 is 1.24 bits per heavy atom. The maximum Gasteiger partial charge on any atom is 0.158 e. The van der Waals surface area contributed by atoms with Crippen LogP contribution in [0, 0.1) is 0 Å². The molecule has 1 saturated heterocycles. The first kappa shape index (κ1) is 16.2. The maximum absolute atomic E-state index is 12.8. The first-order valence-corrected chi connectivity index (χ1v) is 8.33. The van der Waals surface area contributed by atoms with Crippen LogP contribution in [-0.2, 0) is 24.2 Å². The Hall–Kier alpha value is -1.16. The summed E-state index contributed by atoms with van der Waals surface area (Å²) < 4.78 is 1.98. The summed E-state index contributed by atoms with van der Waals surface area (Å²) in [6, 6.07) is 2.09. The van der Waals surface area contributed by atoms with Gasteiger partial charge >= 0.3 is 0 Å². The molecule has 0 amide bonds. The van der Waals surface area contributed by atoms with Crippen LogP contribution in [0.25, 0.3) is 0 Å². The number of hydrogen-bond donors (Lipinski definition) is 0. The van der Waals surface area contributed by atoms with Gasteiger partial charge in [-0.15, -0.1) is 0 Å². The molecule has 1 aromatic heterocycles. The van der Waals surface area contributed by atoms with E-state index in [-0.39, 0.29) is 5.54 Å². The lowest BCUT2D eigenvalue weighted by molar-refractivity contribution is -0.129. The molecule has 0 radical (unpaired) electrons. The fourth-order valence-corrected chi connectivity index (χ4v) is 3.11. The number of aromatic nitrogens is 2. The molecule has 1 fully saturated rings. The van der Waals surface area contributed by atoms with Crippen LogP contribution in [0.1, 0.15) is 58.3 Å². The number of hydrogen-bond acceptors (Lipinski definition) is 3. The fraction of sp³-hybridized carbons (Fsp3) is 0.765. The zero-order valence-electron chi connectivity index (χ0n) is 14.0. The third-order valence-corrected chi connectivity index (χ3v) is 4.75. The molecule has 0 unspecified atom stereocenters. The highest BCUT2D eigenvalue weighted by atomic mass is 16.1. The van der Waals surface area contributed by atoms with Gasteiger partial charge in [-0.2, -0.15) is 5.10 Å². The average Bonchev–Trinajstić information content (AvgIpc) is 2.90. The maximum atomic E-state index is 12.8. The summed E-state index contributed by atoms with van der Waals surface area (Å²) in [4.78, 5) is 15.2. The predicted molar refractivity (Wildman–Crippen MR) is 85.5 cm³/mol. The summed E-state index contributed by atoms with van der Waals surface area (Å²) in [5, 5.41) is 4.55. The largest absolute Gasteiger partial charge is 0.297 e. The second kappa shape index (κ2) is 6.73. The van der Waals surface area contributed by atoms with E-state index >= 15 is 0 Å². The third kappa shape index (κ3) is 3.54. The molecule has 118 valence electrons. The lowest BCUT2D eigenvalue weighted by Crippen LogP contribution is -2.52. The van der Waals surface area contributed by atoms with E-state index in [9.17, 15) is 4.79 Å². The third-order valence-electron chi connectivity index (χ3n) is 4.75. The van der Waals surface area contributed by atoms with E-state index in [1.165, 1.54) is 19.3 Å². The van der Waals surface area contributed by atoms with Crippen molar-refractivity contribution >= 4 is 5.78 Å². The molecule has 0 aliphatic carbocycles. The molecule has 1 aliphatic heterocycles. The van der Waals surface area contributed by atoms with Crippen molar-refractivity contribution in [1.29, 1.82) is 0 Å². The van der Waals surface area contributed by atoms with Crippen LogP contribution in [-0.4, -0.2) is 39.1 Å². The van der Waals surface area contributed by atoms with Crippen molar-refractivity contribution < 1.29 is 4.79 Å². The van der Waals surface area contributed by atoms with Gasteiger partial charge in [-0.3, -0.25) is 14.4 Å². The van der Waals surface area contributed by atoms with Gasteiger partial charge in [0.25, 0.3) is 0 Å². The van der Waals surface area contributed by atoms with Crippen molar-refractivity contribution in [2.45, 2.75) is 71.9 Å². The topological polar surface area (TPSA) is 38.1 Å². The van der Waals surface area contributed by atoms with Gasteiger partial charge in [-0.05, 0) is 59.2 Å². The summed E-state index contributed by atoms with van der Waals surface area (Å²) in [5.74, 6) is 0.307. The number of ketones is 1. The Balaban J connectivity index is 2.10. The summed E-state index contributed by atoms with van der Waals surface area (Å²) >= 11 is 0. The molecule has 0 N–H and O–H groups in total. The molecule has 1 aliphatic rings. The van der Waals surface area contributed by atoms with Crippen molar-refractivity contribution in [3.8, 4) is 0 Å². The number of piperidine rings is 1. The van der Waals surface area contributed by atoms with Crippen LogP contribution in [0.5, 0.6) is 0 Å². The van der Waals surface area contributed by atoms with Gasteiger partial charge in [0.15, 0.2) is 5.78 Å². The highest BCUT2D eigenvalue weighted by molar-refractivity contribution is 5.89. The number of Topliss-reactive ketones (excluding diaryl/α,β-unsaturated/α-hetero) is 1. The van der Waals surface area contributed by atoms with Crippen LogP contribution in [0.2, 0.25) is 0 Å². The van der Waals surface area contributed by atoms with Gasteiger partial charge < -0.3 is 0 Å². The second-order valence-corrected chi connectivity index (χ2v) is 6.50. The second-order valence-electron chi connectivity index (χ2n) is 6.50. The summed E-state index contributed by atoms with van der Waals surface area (Å²) in [7, 11) is 0. The molecule has 0 aromatic carbocycles. The Bertz CT molecular complexity index is 484. The van der Waals surface area contributed by atoms with Gasteiger partial charge in [0.2, 0.25) is 0 Å². The van der Waals surface area contributed by atoms with Crippen molar-refractivity contribution in [3.63, 3.8) is 0 Å². The first-order chi connectivity index (χ1) is 9.98. The van der Waals surface area contributed by atoms with Crippen molar-refractivity contribution in [3.05, 3.63) is 17.5 Å². The number of rotatable bonds is 6. The summed E-state index contributed by atoms with van der Waals surface area (Å²) in [6.07, 6.45) is 5.13. The van der Waals surface area contributed by atoms with Crippen molar-refractivity contribution in [2.75, 3.05) is 13.1 Å². The van der Waals surface area contributed by atoms with Crippen LogP contribution in [0.15, 0.2) is 6.07 Å². The number of likely N-dealkylation sites (tertiary alicyclic amines) is 1. The fourth-order valence-electron chi connectivity index (χ4n) is 3.11. The molecule has 4 heteroatoms. The zero-order valence-corrected chi connectivity index (χ0v) is 14.0. The standard InChI is InChI=1S/C17H29N3O/c1-5-14-12-15(20(6-2)18-14)13-16(21)17(3,4)19-10-8-7-9-11-19/h12H,5-11,13H2,1-4H3. The Kier molecular flexibility index (Phi) is 5.20. The summed E-state index contributed by atoms with van der Waals surface area (Å²) in [5.41, 5.74) is 1.77. The Morgan fingerprint density at radius 3 is 2.48 bits per heavy atom. The van der Waals surface area contributed by atoms with E-state index in [1.807, 2.05) is 4.68 Å². The quantitative estimate of drug-likeness (QED) is 0.809. The average molecular weight is 291 g/mol. The van der Waals surface area contributed by atoms with Crippen LogP contribution in [0.4, 0.5) is 0 Å². The molecule has 21 heavy (non-hydrogen) atoms. The van der Waals surface area contributed by atoms with E-state index in [4.69, 9.17) is 0 Å². The molecule has 0 atom stereocenters. The number of nitrogens with zero attached hydrogens (tertiary/aromatic N) is 3. The van der Waals surface area contributed by atoms with E-state index in [0.29, 0.717) is 12.2 Å². The molecule has 0 saturated carbocycles. The lowest BCUT2D eigenvalue weighted by atomic mass is 9.91. The Labute approximate surface area is 128 Å². The van der Waals surface area contributed by atoms with Gasteiger partial charge in [-0.25, -0.2) is 0 Å². The minimum atomic E-state index is -0.365. The van der Waals surface area contributed by atoms with Crippen molar-refractivity contribution in [1.82, 2.24) is 14.7 Å². The van der Waals surface area contributed by atoms with Gasteiger partial charge in [0, 0.05) is 12.2 Å². The van der Waals surface area contributed by atoms with Crippen LogP contribution >= 0.6 is 0 Å². The monoisotopic (exact) mass is 291 g/mol. The minimum Gasteiger partial charge on any atom is -0.297 e. The van der Waals surface area contributed by atoms with E-state index in [1.54, 1.807) is 0 Å². The first-order valence-electron chi connectivity index (χ1n) is 8.33. The molecule has 4 nitrogen and oxygen atoms in total. The highest BCUT2D eigenvalue weighted by Gasteiger charge is 2.35. The Morgan fingerprint density at radius 2 is 1.90 bits per heavy atom. The predicted octanol–water partition coefficient (Wildman–Crippen LogP) is 2.84. The molecular weight excluding hydrogens is 262 g/mol. The van der Waals surface area contributed by atoms with E-state index in [0.717, 1.165) is 37.4 Å². The minimum absolute atomic E-state index is 0.307. The molecular formula is C17H29N3O. The SMILES string of the molecule is CCc1cc(CC(=O)C(C)(C)N2CCCCC2)n(CC)n1. The van der Waals surface area contributed by atoms with E-state index in [2.05, 4.69) is 43.8 Å². The number of carbonyl (C=O) groups is 1. The molecule has 2 heterocycles. The number of carbonyl (C=O) groups excluding carboxylic acids is 1. The van der Waals surface area contributed by atoms with Crippen LogP contribution in [0.3, 0.4) is 0 Å². The zero-order chi connectivity index (χ0) is 15.5. The highest BCUT2D eigenvalue weighted by Crippen LogP contribution is 2.23. The summed E-state index contributed by atoms with van der Waals surface area (Å²) in [6.45, 7) is 11.3. The normalized spacial score (nSPS) is 17.1. The van der Waals surface area contributed by atoms with Gasteiger partial charge in [0.1, 0.15) is 0 Å². The number of aryl methyl sites for hydroxylation is 2.